The van der Waals surface area contributed by atoms with Crippen molar-refractivity contribution in [3.05, 3.63) is 65.9 Å². The number of benzene rings is 2. The number of hydrogen-bond donors (Lipinski definition) is 1. The Hall–Kier alpha value is -2.75. The van der Waals surface area contributed by atoms with Crippen LogP contribution in [-0.2, 0) is 13.2 Å². The molecule has 3 aromatic rings. The van der Waals surface area contributed by atoms with Gasteiger partial charge in [0.2, 0.25) is 0 Å². The molecule has 1 heterocycles. The van der Waals surface area contributed by atoms with Crippen molar-refractivity contribution in [3.8, 4) is 5.75 Å². The molecular weight excluding hydrogens is 278 g/mol. The summed E-state index contributed by atoms with van der Waals surface area (Å²) in [4.78, 5) is 11.2. The summed E-state index contributed by atoms with van der Waals surface area (Å²) in [7, 11) is 0. The summed E-state index contributed by atoms with van der Waals surface area (Å²) in [5.74, 6) is -0.115. The van der Waals surface area contributed by atoms with Crippen LogP contribution < -0.4 is 4.74 Å². The summed E-state index contributed by atoms with van der Waals surface area (Å²) < 4.78 is 7.90. The summed E-state index contributed by atoms with van der Waals surface area (Å²) in [6, 6.07) is 14.8. The van der Waals surface area contributed by atoms with Crippen molar-refractivity contribution in [1.29, 1.82) is 0 Å². The van der Waals surface area contributed by atoms with Crippen LogP contribution in [0.15, 0.2) is 54.7 Å². The average Bonchev–Trinajstić information content (AvgIpc) is 2.91. The van der Waals surface area contributed by atoms with Gasteiger partial charge < -0.3 is 14.4 Å². The minimum Gasteiger partial charge on any atom is -0.489 e. The molecule has 1 aromatic heterocycles. The lowest BCUT2D eigenvalue weighted by Gasteiger charge is -2.05. The zero-order valence-corrected chi connectivity index (χ0v) is 12.3. The van der Waals surface area contributed by atoms with E-state index in [0.717, 1.165) is 28.8 Å². The van der Waals surface area contributed by atoms with Crippen molar-refractivity contribution < 1.29 is 14.6 Å². The monoisotopic (exact) mass is 295 g/mol. The lowest BCUT2D eigenvalue weighted by atomic mass is 10.1. The van der Waals surface area contributed by atoms with E-state index in [2.05, 4.69) is 11.5 Å². The molecule has 0 fully saturated rings. The maximum atomic E-state index is 11.2. The van der Waals surface area contributed by atoms with E-state index in [-0.39, 0.29) is 0 Å². The molecule has 2 aromatic carbocycles. The van der Waals surface area contributed by atoms with Crippen molar-refractivity contribution in [3.63, 3.8) is 0 Å². The van der Waals surface area contributed by atoms with Crippen LogP contribution in [0.5, 0.6) is 5.75 Å². The van der Waals surface area contributed by atoms with Gasteiger partial charge in [0.05, 0.1) is 5.56 Å². The molecule has 3 rings (SSSR count). The van der Waals surface area contributed by atoms with E-state index in [1.54, 1.807) is 12.1 Å². The van der Waals surface area contributed by atoms with E-state index >= 15 is 0 Å². The zero-order chi connectivity index (χ0) is 15.5. The molecule has 0 spiro atoms. The summed E-state index contributed by atoms with van der Waals surface area (Å²) >= 11 is 0. The Kier molecular flexibility index (Phi) is 3.83. The number of carbonyl (C=O) groups is 1. The van der Waals surface area contributed by atoms with Gasteiger partial charge in [-0.2, -0.15) is 0 Å². The van der Waals surface area contributed by atoms with Gasteiger partial charge in [0.1, 0.15) is 12.4 Å². The number of para-hydroxylation sites is 1. The molecule has 22 heavy (non-hydrogen) atoms. The van der Waals surface area contributed by atoms with E-state index in [9.17, 15) is 4.79 Å². The minimum atomic E-state index is -0.916. The van der Waals surface area contributed by atoms with Crippen molar-refractivity contribution in [2.24, 2.45) is 0 Å². The van der Waals surface area contributed by atoms with Crippen LogP contribution in [0.4, 0.5) is 0 Å². The molecule has 0 bridgehead atoms. The first kappa shape index (κ1) is 14.2. The molecule has 0 radical (unpaired) electrons. The molecule has 0 amide bonds. The lowest BCUT2D eigenvalue weighted by Crippen LogP contribution is -1.97. The van der Waals surface area contributed by atoms with Gasteiger partial charge in [-0.05, 0) is 37.3 Å². The number of fused-ring (bicyclic) bond motifs is 1. The van der Waals surface area contributed by atoms with Gasteiger partial charge in [0.25, 0.3) is 0 Å². The molecule has 0 saturated carbocycles. The number of ether oxygens (including phenoxy) is 1. The van der Waals surface area contributed by atoms with Crippen molar-refractivity contribution in [1.82, 2.24) is 4.57 Å². The molecule has 0 aliphatic rings. The van der Waals surface area contributed by atoms with Crippen LogP contribution in [0.1, 0.15) is 22.8 Å². The summed E-state index contributed by atoms with van der Waals surface area (Å²) in [6.07, 6.45) is 2.03. The molecule has 0 atom stereocenters. The number of aromatic carboxylic acids is 1. The Morgan fingerprint density at radius 1 is 1.18 bits per heavy atom. The predicted octanol–water partition coefficient (Wildman–Crippen LogP) is 3.94. The lowest BCUT2D eigenvalue weighted by molar-refractivity contribution is 0.0697. The van der Waals surface area contributed by atoms with Crippen LogP contribution in [0.3, 0.4) is 0 Å². The van der Waals surface area contributed by atoms with Crippen LogP contribution in [0.25, 0.3) is 10.9 Å². The Morgan fingerprint density at radius 3 is 2.64 bits per heavy atom. The first-order valence-electron chi connectivity index (χ1n) is 7.22. The first-order valence-corrected chi connectivity index (χ1v) is 7.22. The highest BCUT2D eigenvalue weighted by Gasteiger charge is 2.11. The van der Waals surface area contributed by atoms with Gasteiger partial charge in [0, 0.05) is 29.2 Å². The molecule has 0 aliphatic heterocycles. The fraction of sp³-hybridized carbons (Fsp3) is 0.167. The maximum Gasteiger partial charge on any atom is 0.335 e. The third kappa shape index (κ3) is 2.68. The van der Waals surface area contributed by atoms with Crippen molar-refractivity contribution >= 4 is 16.9 Å². The Morgan fingerprint density at radius 2 is 1.95 bits per heavy atom. The van der Waals surface area contributed by atoms with E-state index < -0.39 is 5.97 Å². The second kappa shape index (κ2) is 5.93. The first-order chi connectivity index (χ1) is 10.7. The molecule has 0 unspecified atom stereocenters. The van der Waals surface area contributed by atoms with Crippen molar-refractivity contribution in [2.45, 2.75) is 20.1 Å². The number of carboxylic acid groups (broad SMARTS) is 1. The number of aromatic nitrogens is 1. The summed E-state index contributed by atoms with van der Waals surface area (Å²) in [6.45, 7) is 3.30. The minimum absolute atomic E-state index is 0.294. The van der Waals surface area contributed by atoms with Gasteiger partial charge in [0.15, 0.2) is 0 Å². The predicted molar refractivity (Wildman–Crippen MR) is 85.3 cm³/mol. The number of aryl methyl sites for hydroxylation is 1. The van der Waals surface area contributed by atoms with Gasteiger partial charge in [-0.3, -0.25) is 0 Å². The molecule has 0 aliphatic carbocycles. The molecular formula is C18H17NO3. The van der Waals surface area contributed by atoms with Crippen LogP contribution in [0, 0.1) is 0 Å². The van der Waals surface area contributed by atoms with E-state index in [4.69, 9.17) is 9.84 Å². The van der Waals surface area contributed by atoms with Crippen molar-refractivity contribution in [2.75, 3.05) is 0 Å². The highest BCUT2D eigenvalue weighted by Crippen LogP contribution is 2.24. The summed E-state index contributed by atoms with van der Waals surface area (Å²) in [5, 5.41) is 10.1. The van der Waals surface area contributed by atoms with Crippen LogP contribution in [-0.4, -0.2) is 15.6 Å². The second-order valence-corrected chi connectivity index (χ2v) is 5.08. The number of hydrogen-bond acceptors (Lipinski definition) is 2. The molecule has 4 heteroatoms. The Bertz CT molecular complexity index is 806. The molecule has 0 saturated heterocycles. The fourth-order valence-corrected chi connectivity index (χ4v) is 2.56. The molecule has 4 nitrogen and oxygen atoms in total. The normalized spacial score (nSPS) is 10.8. The largest absolute Gasteiger partial charge is 0.489 e. The van der Waals surface area contributed by atoms with E-state index in [0.29, 0.717) is 12.2 Å². The van der Waals surface area contributed by atoms with E-state index in [1.807, 2.05) is 42.6 Å². The number of nitrogens with zero attached hydrogens (tertiary/aromatic N) is 1. The molecule has 112 valence electrons. The van der Waals surface area contributed by atoms with E-state index in [1.165, 1.54) is 0 Å². The number of rotatable bonds is 5. The average molecular weight is 295 g/mol. The Labute approximate surface area is 128 Å². The zero-order valence-electron chi connectivity index (χ0n) is 12.3. The van der Waals surface area contributed by atoms with Crippen LogP contribution >= 0.6 is 0 Å². The van der Waals surface area contributed by atoms with Gasteiger partial charge in [-0.1, -0.05) is 18.2 Å². The third-order valence-electron chi connectivity index (χ3n) is 3.69. The Balaban J connectivity index is 1.97. The second-order valence-electron chi connectivity index (χ2n) is 5.08. The van der Waals surface area contributed by atoms with Gasteiger partial charge in [-0.25, -0.2) is 4.79 Å². The van der Waals surface area contributed by atoms with Crippen LogP contribution in [0.2, 0.25) is 0 Å². The quantitative estimate of drug-likeness (QED) is 0.775. The highest BCUT2D eigenvalue weighted by molar-refractivity contribution is 5.95. The topological polar surface area (TPSA) is 51.5 Å². The standard InChI is InChI=1S/C18H17NO3/c1-2-19-11-14(12-22-15-6-4-3-5-7-15)16-10-13(18(20)21)8-9-17(16)19/h3-11H,2,12H2,1H3,(H,20,21). The SMILES string of the molecule is CCn1cc(COc2ccccc2)c2cc(C(=O)O)ccc21. The third-order valence-corrected chi connectivity index (χ3v) is 3.69. The molecule has 1 N–H and O–H groups in total. The maximum absolute atomic E-state index is 11.2. The van der Waals surface area contributed by atoms with Gasteiger partial charge >= 0.3 is 5.97 Å². The number of carboxylic acids is 1. The highest BCUT2D eigenvalue weighted by atomic mass is 16.5. The smallest absolute Gasteiger partial charge is 0.335 e. The fourth-order valence-electron chi connectivity index (χ4n) is 2.56. The van der Waals surface area contributed by atoms with Gasteiger partial charge in [-0.15, -0.1) is 0 Å². The summed E-state index contributed by atoms with van der Waals surface area (Å²) in [5.41, 5.74) is 2.31.